The summed E-state index contributed by atoms with van der Waals surface area (Å²) in [6, 6.07) is -0.732. The van der Waals surface area contributed by atoms with Crippen LogP contribution in [0.15, 0.2) is 97.2 Å². The molecule has 0 aliphatic rings. The van der Waals surface area contributed by atoms with Gasteiger partial charge in [0.25, 0.3) is 0 Å². The molecule has 0 saturated heterocycles. The summed E-state index contributed by atoms with van der Waals surface area (Å²) in [6.07, 6.45) is 64.7. The van der Waals surface area contributed by atoms with Gasteiger partial charge in [-0.1, -0.05) is 234 Å². The highest BCUT2D eigenvalue weighted by Crippen LogP contribution is 2.17. The van der Waals surface area contributed by atoms with E-state index in [9.17, 15) is 19.8 Å². The van der Waals surface area contributed by atoms with Crippen molar-refractivity contribution in [2.24, 2.45) is 0 Å². The van der Waals surface area contributed by atoms with E-state index in [1.807, 2.05) is 48.6 Å². The third-order valence-electron chi connectivity index (χ3n) is 11.0. The predicted molar refractivity (Wildman–Crippen MR) is 268 cm³/mol. The Balaban J connectivity index is 4.69. The number of hydrogen-bond acceptors (Lipinski definition) is 5. The van der Waals surface area contributed by atoms with Crippen molar-refractivity contribution in [1.82, 2.24) is 5.32 Å². The second-order valence-electron chi connectivity index (χ2n) is 16.9. The lowest BCUT2D eigenvalue weighted by Gasteiger charge is -2.24. The van der Waals surface area contributed by atoms with Gasteiger partial charge in [-0.25, -0.2) is 0 Å². The number of aliphatic hydroxyl groups is 2. The van der Waals surface area contributed by atoms with Crippen LogP contribution in [0.2, 0.25) is 0 Å². The van der Waals surface area contributed by atoms with Crippen LogP contribution in [0, 0.1) is 0 Å². The zero-order valence-electron chi connectivity index (χ0n) is 40.2. The Hall–Kier alpha value is -3.22. The summed E-state index contributed by atoms with van der Waals surface area (Å²) in [5, 5.41) is 23.7. The predicted octanol–water partition coefficient (Wildman–Crippen LogP) is 15.3. The van der Waals surface area contributed by atoms with Gasteiger partial charge >= 0.3 is 5.97 Å². The summed E-state index contributed by atoms with van der Waals surface area (Å²) in [5.74, 6) is -0.568. The Labute approximate surface area is 382 Å². The van der Waals surface area contributed by atoms with Crippen molar-refractivity contribution in [3.63, 3.8) is 0 Å². The van der Waals surface area contributed by atoms with E-state index in [0.717, 1.165) is 83.5 Å². The van der Waals surface area contributed by atoms with Gasteiger partial charge in [-0.05, 0) is 70.6 Å². The topological polar surface area (TPSA) is 95.9 Å². The highest BCUT2D eigenvalue weighted by Gasteiger charge is 2.24. The fourth-order valence-electron chi connectivity index (χ4n) is 7.24. The molecule has 0 saturated carbocycles. The van der Waals surface area contributed by atoms with Gasteiger partial charge in [0, 0.05) is 6.42 Å². The van der Waals surface area contributed by atoms with Crippen LogP contribution >= 0.6 is 0 Å². The lowest BCUT2D eigenvalue weighted by Crippen LogP contribution is -2.46. The van der Waals surface area contributed by atoms with E-state index in [4.69, 9.17) is 4.74 Å². The number of rotatable bonds is 44. The first-order valence-electron chi connectivity index (χ1n) is 25.5. The Morgan fingerprint density at radius 1 is 0.500 bits per heavy atom. The molecule has 3 atom stereocenters. The molecule has 0 aromatic carbocycles. The van der Waals surface area contributed by atoms with Crippen LogP contribution in [-0.2, 0) is 14.3 Å². The Bertz CT molecular complexity index is 1240. The molecule has 0 aromatic heterocycles. The fraction of sp³-hybridized carbons (Fsp3) is 0.679. The Morgan fingerprint density at radius 2 is 0.968 bits per heavy atom. The molecule has 0 bridgehead atoms. The zero-order valence-corrected chi connectivity index (χ0v) is 40.2. The molecule has 3 N–H and O–H groups in total. The van der Waals surface area contributed by atoms with E-state index in [-0.39, 0.29) is 24.9 Å². The highest BCUT2D eigenvalue weighted by molar-refractivity contribution is 5.77. The van der Waals surface area contributed by atoms with Crippen LogP contribution in [0.5, 0.6) is 0 Å². The Kier molecular flexibility index (Phi) is 46.3. The molecule has 0 fully saturated rings. The maximum Gasteiger partial charge on any atom is 0.306 e. The maximum absolute atomic E-state index is 13.2. The summed E-state index contributed by atoms with van der Waals surface area (Å²) < 4.78 is 5.89. The molecule has 0 heterocycles. The van der Waals surface area contributed by atoms with Crippen molar-refractivity contribution in [1.29, 1.82) is 0 Å². The number of unbranched alkanes of at least 4 members (excludes halogenated alkanes) is 20. The molecule has 0 aliphatic carbocycles. The first kappa shape index (κ1) is 58.8. The number of esters is 1. The highest BCUT2D eigenvalue weighted by atomic mass is 16.5. The molecule has 62 heavy (non-hydrogen) atoms. The minimum Gasteiger partial charge on any atom is -0.462 e. The quantitative estimate of drug-likeness (QED) is 0.0245. The number of ether oxygens (including phenoxy) is 1. The van der Waals surface area contributed by atoms with E-state index in [1.165, 1.54) is 89.9 Å². The molecule has 6 nitrogen and oxygen atoms in total. The van der Waals surface area contributed by atoms with Gasteiger partial charge < -0.3 is 20.3 Å². The average Bonchev–Trinajstić information content (AvgIpc) is 3.26. The zero-order chi connectivity index (χ0) is 45.2. The van der Waals surface area contributed by atoms with Crippen LogP contribution in [0.3, 0.4) is 0 Å². The summed E-state index contributed by atoms with van der Waals surface area (Å²) in [4.78, 5) is 26.1. The van der Waals surface area contributed by atoms with Crippen molar-refractivity contribution in [2.45, 2.75) is 238 Å². The maximum atomic E-state index is 13.2. The number of aliphatic hydroxyl groups excluding tert-OH is 2. The fourth-order valence-corrected chi connectivity index (χ4v) is 7.24. The number of nitrogens with one attached hydrogen (secondary N) is 1. The van der Waals surface area contributed by atoms with Gasteiger partial charge in [-0.15, -0.1) is 0 Å². The molecule has 1 amide bonds. The number of allylic oxidation sites excluding steroid dienone is 16. The lowest BCUT2D eigenvalue weighted by molar-refractivity contribution is -0.151. The summed E-state index contributed by atoms with van der Waals surface area (Å²) in [5.41, 5.74) is 0. The molecule has 3 unspecified atom stereocenters. The SMILES string of the molecule is CC/C=C/C=C/C=C\C=C/C=C/CCCC(CC(=O)NC(CO)C(O)CCCCCCCCCCCCCCCC)OC(=O)CCCCCCCC/C=C/C/C=C/C/C=C/CC. The van der Waals surface area contributed by atoms with Crippen LogP contribution in [0.4, 0.5) is 0 Å². The minimum absolute atomic E-state index is 0.0181. The van der Waals surface area contributed by atoms with Crippen molar-refractivity contribution >= 4 is 11.9 Å². The average molecular weight is 862 g/mol. The smallest absolute Gasteiger partial charge is 0.306 e. The van der Waals surface area contributed by atoms with Gasteiger partial charge in [0.2, 0.25) is 5.91 Å². The van der Waals surface area contributed by atoms with Crippen LogP contribution in [-0.4, -0.2) is 46.9 Å². The molecule has 0 radical (unpaired) electrons. The normalized spacial score (nSPS) is 14.1. The van der Waals surface area contributed by atoms with Crippen LogP contribution < -0.4 is 5.32 Å². The van der Waals surface area contributed by atoms with E-state index < -0.39 is 18.2 Å². The lowest BCUT2D eigenvalue weighted by atomic mass is 10.0. The van der Waals surface area contributed by atoms with Gasteiger partial charge in [0.15, 0.2) is 0 Å². The summed E-state index contributed by atoms with van der Waals surface area (Å²) in [7, 11) is 0. The largest absolute Gasteiger partial charge is 0.462 e. The summed E-state index contributed by atoms with van der Waals surface area (Å²) >= 11 is 0. The Morgan fingerprint density at radius 3 is 1.53 bits per heavy atom. The minimum atomic E-state index is -0.814. The third-order valence-corrected chi connectivity index (χ3v) is 11.0. The molecule has 0 spiro atoms. The third kappa shape index (κ3) is 43.4. The van der Waals surface area contributed by atoms with Gasteiger partial charge in [0.1, 0.15) is 6.10 Å². The van der Waals surface area contributed by atoms with Crippen molar-refractivity contribution in [3.8, 4) is 0 Å². The van der Waals surface area contributed by atoms with Crippen molar-refractivity contribution < 1.29 is 24.5 Å². The van der Waals surface area contributed by atoms with Gasteiger partial charge in [-0.3, -0.25) is 9.59 Å². The van der Waals surface area contributed by atoms with E-state index >= 15 is 0 Å². The second kappa shape index (κ2) is 48.8. The van der Waals surface area contributed by atoms with E-state index in [2.05, 4.69) is 74.7 Å². The van der Waals surface area contributed by atoms with Crippen LogP contribution in [0.1, 0.15) is 220 Å². The van der Waals surface area contributed by atoms with E-state index in [1.54, 1.807) is 0 Å². The van der Waals surface area contributed by atoms with Crippen molar-refractivity contribution in [2.75, 3.05) is 6.61 Å². The molecular formula is C56H95NO5. The monoisotopic (exact) mass is 862 g/mol. The van der Waals surface area contributed by atoms with Gasteiger partial charge in [-0.2, -0.15) is 0 Å². The number of amides is 1. The number of hydrogen-bond donors (Lipinski definition) is 3. The molecule has 6 heteroatoms. The first-order chi connectivity index (χ1) is 30.5. The van der Waals surface area contributed by atoms with Gasteiger partial charge in [0.05, 0.1) is 25.2 Å². The van der Waals surface area contributed by atoms with E-state index in [0.29, 0.717) is 19.3 Å². The number of carbonyl (C=O) groups is 2. The first-order valence-corrected chi connectivity index (χ1v) is 25.5. The molecular weight excluding hydrogens is 767 g/mol. The van der Waals surface area contributed by atoms with Crippen LogP contribution in [0.25, 0.3) is 0 Å². The molecule has 0 aliphatic heterocycles. The summed E-state index contributed by atoms with van der Waals surface area (Å²) in [6.45, 7) is 6.20. The second-order valence-corrected chi connectivity index (χ2v) is 16.9. The molecule has 0 aromatic rings. The molecule has 354 valence electrons. The molecule has 0 rings (SSSR count). The van der Waals surface area contributed by atoms with Crippen molar-refractivity contribution in [3.05, 3.63) is 97.2 Å². The number of carbonyl (C=O) groups excluding carboxylic acids is 2. The standard InChI is InChI=1S/C56H95NO5/c1-4-7-10-13-16-19-22-25-27-28-31-34-37-40-43-46-49-56(61)62-52(47-44-41-38-35-32-29-24-21-18-15-12-9-6-3)50-55(60)57-53(51-58)54(59)48-45-42-39-36-33-30-26-23-20-17-14-11-8-5-2/h7,9-10,12,15-16,18-19,21,24-25,27,29,32,35,38,52-54,58-59H,4-6,8,11,13-14,17,20,22-23,26,28,30-31,33-34,36-37,39-51H2,1-3H3,(H,57,60)/b10-7+,12-9+,18-15+,19-16+,24-21-,27-25+,32-29-,38-35+.